The quantitative estimate of drug-likeness (QED) is 0.705. The van der Waals surface area contributed by atoms with Crippen molar-refractivity contribution in [1.82, 2.24) is 10.3 Å². The molecule has 0 aliphatic heterocycles. The first kappa shape index (κ1) is 8.49. The lowest BCUT2D eigenvalue weighted by atomic mass is 10.3. The van der Waals surface area contributed by atoms with Crippen molar-refractivity contribution in [3.63, 3.8) is 0 Å². The predicted octanol–water partition coefficient (Wildman–Crippen LogP) is 0.718. The summed E-state index contributed by atoms with van der Waals surface area (Å²) < 4.78 is 0. The van der Waals surface area contributed by atoms with Crippen LogP contribution < -0.4 is 10.2 Å². The number of aromatic nitrogens is 1. The average molecular weight is 172 g/mol. The van der Waals surface area contributed by atoms with E-state index in [9.17, 15) is 4.79 Å². The van der Waals surface area contributed by atoms with E-state index in [1.165, 1.54) is 11.3 Å². The maximum atomic E-state index is 10.9. The summed E-state index contributed by atoms with van der Waals surface area (Å²) in [6.07, 6.45) is 0.899. The Bertz CT molecular complexity index is 276. The van der Waals surface area contributed by atoms with Crippen LogP contribution in [0.1, 0.15) is 17.5 Å². The summed E-state index contributed by atoms with van der Waals surface area (Å²) in [6, 6.07) is 0. The van der Waals surface area contributed by atoms with Crippen LogP contribution in [0.4, 0.5) is 0 Å². The van der Waals surface area contributed by atoms with E-state index in [-0.39, 0.29) is 4.87 Å². The van der Waals surface area contributed by atoms with Crippen LogP contribution in [-0.2, 0) is 13.0 Å². The number of nitrogens with one attached hydrogen (secondary N) is 2. The molecule has 0 fully saturated rings. The van der Waals surface area contributed by atoms with Gasteiger partial charge in [-0.25, -0.2) is 0 Å². The normalized spacial score (nSPS) is 10.4. The molecule has 0 aliphatic rings. The molecule has 11 heavy (non-hydrogen) atoms. The summed E-state index contributed by atoms with van der Waals surface area (Å²) in [5, 5.41) is 3.02. The summed E-state index contributed by atoms with van der Waals surface area (Å²) >= 11 is 1.29. The lowest BCUT2D eigenvalue weighted by Crippen LogP contribution is -2.05. The Morgan fingerprint density at radius 1 is 1.64 bits per heavy atom. The van der Waals surface area contributed by atoms with E-state index >= 15 is 0 Å². The Labute approximate surface area is 69.5 Å². The van der Waals surface area contributed by atoms with Crippen molar-refractivity contribution in [3.8, 4) is 0 Å². The Balaban J connectivity index is 2.92. The van der Waals surface area contributed by atoms with Crippen molar-refractivity contribution < 1.29 is 0 Å². The zero-order valence-corrected chi connectivity index (χ0v) is 7.55. The fourth-order valence-corrected chi connectivity index (χ4v) is 1.91. The molecule has 3 nitrogen and oxygen atoms in total. The van der Waals surface area contributed by atoms with E-state index in [4.69, 9.17) is 0 Å². The van der Waals surface area contributed by atoms with Gasteiger partial charge in [-0.15, -0.1) is 0 Å². The molecule has 0 unspecified atom stereocenters. The maximum Gasteiger partial charge on any atom is 0.304 e. The molecule has 0 radical (unpaired) electrons. The molecule has 62 valence electrons. The third-order valence-corrected chi connectivity index (χ3v) is 2.42. The van der Waals surface area contributed by atoms with Crippen LogP contribution in [0.15, 0.2) is 4.79 Å². The number of aromatic amines is 1. The van der Waals surface area contributed by atoms with Crippen LogP contribution in [-0.4, -0.2) is 12.0 Å². The van der Waals surface area contributed by atoms with Crippen molar-refractivity contribution in [2.75, 3.05) is 7.05 Å². The fraction of sp³-hybridized carbons (Fsp3) is 0.571. The predicted molar refractivity (Wildman–Crippen MR) is 47.1 cm³/mol. The van der Waals surface area contributed by atoms with Gasteiger partial charge >= 0.3 is 4.87 Å². The second kappa shape index (κ2) is 3.69. The highest BCUT2D eigenvalue weighted by molar-refractivity contribution is 7.09. The highest BCUT2D eigenvalue weighted by atomic mass is 32.1. The number of thiazole rings is 1. The highest BCUT2D eigenvalue weighted by Gasteiger charge is 2.03. The molecule has 1 rings (SSSR count). The molecule has 1 aromatic rings. The van der Waals surface area contributed by atoms with Gasteiger partial charge in [0, 0.05) is 17.1 Å². The van der Waals surface area contributed by atoms with Crippen molar-refractivity contribution in [2.45, 2.75) is 19.9 Å². The first-order valence-electron chi connectivity index (χ1n) is 3.63. The number of hydrogen-bond donors (Lipinski definition) is 2. The van der Waals surface area contributed by atoms with E-state index < -0.39 is 0 Å². The van der Waals surface area contributed by atoms with Gasteiger partial charge in [-0.05, 0) is 13.5 Å². The van der Waals surface area contributed by atoms with Crippen molar-refractivity contribution in [1.29, 1.82) is 0 Å². The monoisotopic (exact) mass is 172 g/mol. The van der Waals surface area contributed by atoms with Crippen LogP contribution in [0.2, 0.25) is 0 Å². The van der Waals surface area contributed by atoms with Crippen LogP contribution in [0.3, 0.4) is 0 Å². The van der Waals surface area contributed by atoms with Crippen molar-refractivity contribution in [2.24, 2.45) is 0 Å². The maximum absolute atomic E-state index is 10.9. The molecule has 1 aromatic heterocycles. The number of aryl methyl sites for hydroxylation is 1. The van der Waals surface area contributed by atoms with Crippen LogP contribution in [0.5, 0.6) is 0 Å². The summed E-state index contributed by atoms with van der Waals surface area (Å²) in [6.45, 7) is 2.82. The number of rotatable bonds is 3. The molecule has 0 aromatic carbocycles. The van der Waals surface area contributed by atoms with Gasteiger partial charge < -0.3 is 10.3 Å². The zero-order chi connectivity index (χ0) is 8.27. The Morgan fingerprint density at radius 2 is 2.36 bits per heavy atom. The Hall–Kier alpha value is -0.610. The minimum atomic E-state index is 0.0482. The molecule has 0 atom stereocenters. The summed E-state index contributed by atoms with van der Waals surface area (Å²) in [5.74, 6) is 0. The molecule has 1 heterocycles. The molecule has 0 bridgehead atoms. The largest absolute Gasteiger partial charge is 0.316 e. The third kappa shape index (κ3) is 1.91. The second-order valence-corrected chi connectivity index (χ2v) is 3.37. The topological polar surface area (TPSA) is 44.9 Å². The Morgan fingerprint density at radius 3 is 2.91 bits per heavy atom. The summed E-state index contributed by atoms with van der Waals surface area (Å²) in [4.78, 5) is 14.9. The molecule has 0 spiro atoms. The second-order valence-electron chi connectivity index (χ2n) is 2.30. The SMILES string of the molecule is CCc1[nH]c(=O)sc1CNC. The zero-order valence-electron chi connectivity index (χ0n) is 6.73. The first-order valence-corrected chi connectivity index (χ1v) is 4.45. The van der Waals surface area contributed by atoms with E-state index in [1.54, 1.807) is 0 Å². The molecule has 0 aliphatic carbocycles. The fourth-order valence-electron chi connectivity index (χ4n) is 0.981. The molecular formula is C7H12N2OS. The van der Waals surface area contributed by atoms with Gasteiger partial charge in [0.25, 0.3) is 0 Å². The van der Waals surface area contributed by atoms with Crippen LogP contribution in [0.25, 0.3) is 0 Å². The van der Waals surface area contributed by atoms with Gasteiger partial charge in [-0.3, -0.25) is 4.79 Å². The smallest absolute Gasteiger partial charge is 0.304 e. The van der Waals surface area contributed by atoms with Crippen LogP contribution in [0, 0.1) is 0 Å². The molecule has 0 saturated carbocycles. The molecular weight excluding hydrogens is 160 g/mol. The van der Waals surface area contributed by atoms with Gasteiger partial charge in [0.15, 0.2) is 0 Å². The van der Waals surface area contributed by atoms with E-state index in [0.29, 0.717) is 0 Å². The lowest BCUT2D eigenvalue weighted by Gasteiger charge is -1.96. The van der Waals surface area contributed by atoms with Gasteiger partial charge in [-0.1, -0.05) is 18.3 Å². The van der Waals surface area contributed by atoms with Gasteiger partial charge in [0.2, 0.25) is 0 Å². The first-order chi connectivity index (χ1) is 5.27. The van der Waals surface area contributed by atoms with E-state index in [2.05, 4.69) is 10.3 Å². The van der Waals surface area contributed by atoms with Gasteiger partial charge in [0.05, 0.1) is 0 Å². The minimum Gasteiger partial charge on any atom is -0.316 e. The standard InChI is InChI=1S/C7H12N2OS/c1-3-5-6(4-8-2)11-7(10)9-5/h8H,3-4H2,1-2H3,(H,9,10). The summed E-state index contributed by atoms with van der Waals surface area (Å²) in [7, 11) is 1.88. The lowest BCUT2D eigenvalue weighted by molar-refractivity contribution is 0.814. The highest BCUT2D eigenvalue weighted by Crippen LogP contribution is 2.08. The van der Waals surface area contributed by atoms with Gasteiger partial charge in [0.1, 0.15) is 0 Å². The molecule has 4 heteroatoms. The van der Waals surface area contributed by atoms with Crippen molar-refractivity contribution >= 4 is 11.3 Å². The molecule has 2 N–H and O–H groups in total. The third-order valence-electron chi connectivity index (χ3n) is 1.50. The van der Waals surface area contributed by atoms with Crippen LogP contribution >= 0.6 is 11.3 Å². The Kier molecular flexibility index (Phi) is 2.84. The van der Waals surface area contributed by atoms with E-state index in [0.717, 1.165) is 23.5 Å². The number of hydrogen-bond acceptors (Lipinski definition) is 3. The summed E-state index contributed by atoms with van der Waals surface area (Å²) in [5.41, 5.74) is 1.06. The molecule has 0 amide bonds. The van der Waals surface area contributed by atoms with Crippen molar-refractivity contribution in [3.05, 3.63) is 20.2 Å². The number of H-pyrrole nitrogens is 1. The average Bonchev–Trinajstić information content (AvgIpc) is 2.32. The van der Waals surface area contributed by atoms with Gasteiger partial charge in [-0.2, -0.15) is 0 Å². The minimum absolute atomic E-state index is 0.0482. The van der Waals surface area contributed by atoms with E-state index in [1.807, 2.05) is 14.0 Å². The molecule has 0 saturated heterocycles.